The van der Waals surface area contributed by atoms with Gasteiger partial charge in [0.25, 0.3) is 5.91 Å². The predicted octanol–water partition coefficient (Wildman–Crippen LogP) is 4.31. The Morgan fingerprint density at radius 3 is 2.58 bits per heavy atom. The summed E-state index contributed by atoms with van der Waals surface area (Å²) in [5.74, 6) is -1.81. The molecule has 0 bridgehead atoms. The number of pyridine rings is 1. The molecule has 0 fully saturated rings. The lowest BCUT2D eigenvalue weighted by molar-refractivity contribution is -0.119. The van der Waals surface area contributed by atoms with Crippen molar-refractivity contribution in [2.75, 3.05) is 18.1 Å². The normalized spacial score (nSPS) is 16.1. The number of benzene rings is 1. The summed E-state index contributed by atoms with van der Waals surface area (Å²) in [7, 11) is 0. The molecule has 1 aromatic carbocycles. The molecule has 170 valence electrons. The van der Waals surface area contributed by atoms with E-state index in [0.717, 1.165) is 10.4 Å². The van der Waals surface area contributed by atoms with Crippen molar-refractivity contribution < 1.29 is 24.5 Å². The molecule has 0 spiro atoms. The second-order valence-electron chi connectivity index (χ2n) is 7.85. The first-order chi connectivity index (χ1) is 15.9. The molecule has 1 aliphatic rings. The molecule has 33 heavy (non-hydrogen) atoms. The molecule has 8 heteroatoms. The molecule has 3 aromatic rings. The number of nitrogens with zero attached hydrogens (tertiary/aromatic N) is 2. The monoisotopic (exact) mass is 464 g/mol. The summed E-state index contributed by atoms with van der Waals surface area (Å²) >= 11 is 1.61. The molecular formula is C25H24N2O5S. The Morgan fingerprint density at radius 2 is 1.94 bits per heavy atom. The summed E-state index contributed by atoms with van der Waals surface area (Å²) in [6, 6.07) is 13.8. The minimum atomic E-state index is -0.914. The highest BCUT2D eigenvalue weighted by molar-refractivity contribution is 7.13. The van der Waals surface area contributed by atoms with Crippen LogP contribution >= 0.6 is 11.3 Å². The van der Waals surface area contributed by atoms with Crippen LogP contribution in [0.2, 0.25) is 0 Å². The Hall–Kier alpha value is -3.49. The number of aromatic nitrogens is 1. The highest BCUT2D eigenvalue weighted by Gasteiger charge is 2.46. The second kappa shape index (κ2) is 9.56. The highest BCUT2D eigenvalue weighted by Crippen LogP contribution is 2.44. The maximum atomic E-state index is 13.2. The van der Waals surface area contributed by atoms with E-state index in [9.17, 15) is 19.8 Å². The number of anilines is 1. The minimum absolute atomic E-state index is 0.00332. The highest BCUT2D eigenvalue weighted by atomic mass is 32.1. The van der Waals surface area contributed by atoms with Gasteiger partial charge in [-0.3, -0.25) is 14.5 Å². The van der Waals surface area contributed by atoms with Crippen LogP contribution in [0.3, 0.4) is 0 Å². The standard InChI is InChI=1S/C25H24N2O5S/c1-15(2)22(29)20-21(18-5-3-11-26-24(18)32-13-12-28)27(25(31)23(20)30)17-9-7-16(8-10-17)19-6-4-14-33-19/h3-11,14-15,21,28,30H,12-13H2,1-2H3. The fourth-order valence-electron chi connectivity index (χ4n) is 3.83. The molecule has 1 aliphatic heterocycles. The molecule has 0 saturated heterocycles. The minimum Gasteiger partial charge on any atom is -0.503 e. The van der Waals surface area contributed by atoms with E-state index in [1.165, 1.54) is 11.1 Å². The molecule has 0 aliphatic carbocycles. The third-order valence-electron chi connectivity index (χ3n) is 5.37. The first kappa shape index (κ1) is 22.7. The molecule has 0 saturated carbocycles. The molecule has 3 heterocycles. The van der Waals surface area contributed by atoms with Crippen LogP contribution < -0.4 is 9.64 Å². The van der Waals surface area contributed by atoms with Crippen LogP contribution in [-0.2, 0) is 9.59 Å². The zero-order valence-corrected chi connectivity index (χ0v) is 19.1. The van der Waals surface area contributed by atoms with Gasteiger partial charge >= 0.3 is 0 Å². The molecule has 2 N–H and O–H groups in total. The number of aliphatic hydroxyl groups excluding tert-OH is 2. The summed E-state index contributed by atoms with van der Waals surface area (Å²) in [6.45, 7) is 3.22. The van der Waals surface area contributed by atoms with Crippen LogP contribution in [0.15, 0.2) is 71.4 Å². The van der Waals surface area contributed by atoms with Crippen molar-refractivity contribution in [2.24, 2.45) is 5.92 Å². The van der Waals surface area contributed by atoms with Gasteiger partial charge in [-0.25, -0.2) is 4.98 Å². The lowest BCUT2D eigenvalue weighted by Crippen LogP contribution is -2.32. The van der Waals surface area contributed by atoms with Gasteiger partial charge in [-0.2, -0.15) is 0 Å². The van der Waals surface area contributed by atoms with Gasteiger partial charge in [0.05, 0.1) is 12.2 Å². The summed E-state index contributed by atoms with van der Waals surface area (Å²) in [6.07, 6.45) is 1.53. The van der Waals surface area contributed by atoms with E-state index >= 15 is 0 Å². The number of rotatable bonds is 8. The topological polar surface area (TPSA) is 100.0 Å². The average molecular weight is 465 g/mol. The van der Waals surface area contributed by atoms with E-state index in [2.05, 4.69) is 4.98 Å². The lowest BCUT2D eigenvalue weighted by atomic mass is 9.91. The lowest BCUT2D eigenvalue weighted by Gasteiger charge is -2.28. The van der Waals surface area contributed by atoms with Crippen molar-refractivity contribution in [3.05, 3.63) is 77.0 Å². The average Bonchev–Trinajstić information content (AvgIpc) is 3.45. The first-order valence-corrected chi connectivity index (χ1v) is 11.5. The first-order valence-electron chi connectivity index (χ1n) is 10.6. The van der Waals surface area contributed by atoms with Gasteiger partial charge in [0.2, 0.25) is 5.88 Å². The van der Waals surface area contributed by atoms with Crippen LogP contribution in [0.25, 0.3) is 10.4 Å². The van der Waals surface area contributed by atoms with Gasteiger partial charge in [-0.1, -0.05) is 32.0 Å². The van der Waals surface area contributed by atoms with Gasteiger partial charge in [0.15, 0.2) is 11.5 Å². The van der Waals surface area contributed by atoms with Crippen LogP contribution in [0.4, 0.5) is 5.69 Å². The zero-order chi connectivity index (χ0) is 23.5. The maximum absolute atomic E-state index is 13.2. The van der Waals surface area contributed by atoms with Gasteiger partial charge in [-0.15, -0.1) is 11.3 Å². The van der Waals surface area contributed by atoms with Crippen LogP contribution in [0.5, 0.6) is 5.88 Å². The summed E-state index contributed by atoms with van der Waals surface area (Å²) in [5, 5.41) is 22.0. The van der Waals surface area contributed by atoms with Crippen LogP contribution in [-0.4, -0.2) is 40.1 Å². The van der Waals surface area contributed by atoms with E-state index < -0.39 is 23.6 Å². The third-order valence-corrected chi connectivity index (χ3v) is 6.29. The fourth-order valence-corrected chi connectivity index (χ4v) is 4.56. The Kier molecular flexibility index (Phi) is 6.57. The number of carbonyl (C=O) groups is 2. The quantitative estimate of drug-likeness (QED) is 0.515. The van der Waals surface area contributed by atoms with Crippen LogP contribution in [0.1, 0.15) is 25.5 Å². The predicted molar refractivity (Wildman–Crippen MR) is 126 cm³/mol. The third kappa shape index (κ3) is 4.27. The molecule has 2 aromatic heterocycles. The number of ether oxygens (including phenoxy) is 1. The van der Waals surface area contributed by atoms with Gasteiger partial charge in [-0.05, 0) is 41.3 Å². The molecule has 1 atom stereocenters. The Balaban J connectivity index is 1.83. The molecule has 4 rings (SSSR count). The Bertz CT molecular complexity index is 1190. The van der Waals surface area contributed by atoms with Crippen LogP contribution in [0, 0.1) is 5.92 Å². The van der Waals surface area contributed by atoms with E-state index in [4.69, 9.17) is 4.74 Å². The molecule has 0 radical (unpaired) electrons. The number of hydrogen-bond donors (Lipinski definition) is 2. The fraction of sp³-hybridized carbons (Fsp3) is 0.240. The molecule has 1 unspecified atom stereocenters. The molecular weight excluding hydrogens is 440 g/mol. The van der Waals surface area contributed by atoms with Gasteiger partial charge in [0, 0.05) is 28.2 Å². The molecule has 7 nitrogen and oxygen atoms in total. The number of carbonyl (C=O) groups excluding carboxylic acids is 2. The smallest absolute Gasteiger partial charge is 0.294 e. The van der Waals surface area contributed by atoms with E-state index in [1.807, 2.05) is 29.6 Å². The maximum Gasteiger partial charge on any atom is 0.294 e. The number of hydrogen-bond acceptors (Lipinski definition) is 7. The van der Waals surface area contributed by atoms with Crippen molar-refractivity contribution in [1.82, 2.24) is 4.98 Å². The van der Waals surface area contributed by atoms with E-state index in [0.29, 0.717) is 11.3 Å². The number of thiophene rings is 1. The number of Topliss-reactive ketones (excluding diaryl/α,β-unsaturated/α-hetero) is 1. The number of aliphatic hydroxyl groups is 2. The van der Waals surface area contributed by atoms with Crippen molar-refractivity contribution in [3.63, 3.8) is 0 Å². The Morgan fingerprint density at radius 1 is 1.18 bits per heavy atom. The molecule has 1 amide bonds. The van der Waals surface area contributed by atoms with E-state index in [1.54, 1.807) is 49.4 Å². The van der Waals surface area contributed by atoms with Crippen molar-refractivity contribution in [3.8, 4) is 16.3 Å². The van der Waals surface area contributed by atoms with Crippen molar-refractivity contribution in [1.29, 1.82) is 0 Å². The number of ketones is 1. The van der Waals surface area contributed by atoms with Gasteiger partial charge in [0.1, 0.15) is 12.6 Å². The van der Waals surface area contributed by atoms with Crippen molar-refractivity contribution >= 4 is 28.7 Å². The summed E-state index contributed by atoms with van der Waals surface area (Å²) < 4.78 is 5.60. The second-order valence-corrected chi connectivity index (χ2v) is 8.80. The Labute approximate surface area is 195 Å². The summed E-state index contributed by atoms with van der Waals surface area (Å²) in [5.41, 5.74) is 2.00. The number of amides is 1. The van der Waals surface area contributed by atoms with Gasteiger partial charge < -0.3 is 14.9 Å². The zero-order valence-electron chi connectivity index (χ0n) is 18.3. The van der Waals surface area contributed by atoms with Crippen molar-refractivity contribution in [2.45, 2.75) is 19.9 Å². The largest absolute Gasteiger partial charge is 0.503 e. The van der Waals surface area contributed by atoms with E-state index in [-0.39, 0.29) is 30.5 Å². The summed E-state index contributed by atoms with van der Waals surface area (Å²) in [4.78, 5) is 33.1. The SMILES string of the molecule is CC(C)C(=O)C1=C(O)C(=O)N(c2ccc(-c3cccs3)cc2)C1c1cccnc1OCCO.